The highest BCUT2D eigenvalue weighted by Gasteiger charge is 2.19. The van der Waals surface area contributed by atoms with E-state index in [1.807, 2.05) is 48.5 Å². The number of benzene rings is 4. The van der Waals surface area contributed by atoms with Crippen LogP contribution in [0.15, 0.2) is 97.1 Å². The van der Waals surface area contributed by atoms with E-state index in [4.69, 9.17) is 9.47 Å². The van der Waals surface area contributed by atoms with Gasteiger partial charge >= 0.3 is 11.9 Å². The van der Waals surface area contributed by atoms with Crippen LogP contribution in [0.4, 0.5) is 0 Å². The van der Waals surface area contributed by atoms with Crippen molar-refractivity contribution in [3.8, 4) is 45.3 Å². The zero-order chi connectivity index (χ0) is 30.0. The minimum absolute atomic E-state index is 0.320. The van der Waals surface area contributed by atoms with Crippen LogP contribution in [-0.4, -0.2) is 22.2 Å². The van der Waals surface area contributed by atoms with Crippen LogP contribution in [0, 0.1) is 0 Å². The second kappa shape index (κ2) is 11.8. The largest absolute Gasteiger partial charge is 0.508 e. The van der Waals surface area contributed by atoms with E-state index in [-0.39, 0.29) is 0 Å². The second-order valence-electron chi connectivity index (χ2n) is 10.7. The Morgan fingerprint density at radius 1 is 0.548 bits per heavy atom. The van der Waals surface area contributed by atoms with E-state index in [9.17, 15) is 19.8 Å². The van der Waals surface area contributed by atoms with Gasteiger partial charge in [0, 0.05) is 11.1 Å². The van der Waals surface area contributed by atoms with Crippen molar-refractivity contribution in [1.82, 2.24) is 0 Å². The third-order valence-electron chi connectivity index (χ3n) is 7.36. The van der Waals surface area contributed by atoms with E-state index >= 15 is 0 Å². The van der Waals surface area contributed by atoms with Crippen molar-refractivity contribution >= 4 is 11.9 Å². The number of rotatable bonds is 4. The van der Waals surface area contributed by atoms with Crippen molar-refractivity contribution in [3.63, 3.8) is 0 Å². The fraction of sp³-hybridized carbons (Fsp3) is 0.167. The Labute approximate surface area is 245 Å². The standard InChI is InChI=1S/C22H20O4.C14H12O2/c1-13(2)21(23)25-17-7-9-19-15(11-17)5-6-16-12-18(8-10-20(16)19)26-22(24)14(3)4;15-11-3-5-13-9(7-11)1-2-10-8-12(16)4-6-14(10)13/h7-12H,1,3,5-6H2,2,4H3;3-8,15-16H,1-2H2. The van der Waals surface area contributed by atoms with E-state index in [1.165, 1.54) is 22.3 Å². The van der Waals surface area contributed by atoms with Crippen molar-refractivity contribution in [3.05, 3.63) is 119 Å². The Hall–Kier alpha value is -5.10. The third-order valence-corrected chi connectivity index (χ3v) is 7.36. The number of phenolic OH excluding ortho intramolecular Hbond substituents is 2. The molecule has 0 saturated heterocycles. The van der Waals surface area contributed by atoms with Crippen molar-refractivity contribution in [2.45, 2.75) is 39.5 Å². The van der Waals surface area contributed by atoms with Crippen LogP contribution in [0.25, 0.3) is 22.3 Å². The smallest absolute Gasteiger partial charge is 0.338 e. The first-order valence-electron chi connectivity index (χ1n) is 13.7. The molecule has 4 aromatic carbocycles. The molecule has 2 aliphatic carbocycles. The maximum absolute atomic E-state index is 11.7. The van der Waals surface area contributed by atoms with Gasteiger partial charge in [-0.2, -0.15) is 0 Å². The van der Waals surface area contributed by atoms with Gasteiger partial charge in [0.05, 0.1) is 0 Å². The molecule has 0 aliphatic heterocycles. The molecule has 0 unspecified atom stereocenters. The van der Waals surface area contributed by atoms with E-state index < -0.39 is 11.9 Å². The van der Waals surface area contributed by atoms with Crippen molar-refractivity contribution in [1.29, 1.82) is 0 Å². The van der Waals surface area contributed by atoms with Gasteiger partial charge in [-0.1, -0.05) is 37.4 Å². The molecule has 0 spiro atoms. The molecule has 0 bridgehead atoms. The molecular weight excluding hydrogens is 528 g/mol. The SMILES string of the molecule is C=C(C)C(=O)Oc1ccc2c(c1)CCc1cc(OC(=O)C(=C)C)ccc1-2.Oc1ccc2c(c1)CCc1cc(O)ccc1-2. The summed E-state index contributed by atoms with van der Waals surface area (Å²) in [7, 11) is 0. The van der Waals surface area contributed by atoms with Gasteiger partial charge < -0.3 is 19.7 Å². The lowest BCUT2D eigenvalue weighted by molar-refractivity contribution is -0.130. The highest BCUT2D eigenvalue weighted by Crippen LogP contribution is 2.38. The van der Waals surface area contributed by atoms with Crippen LogP contribution in [0.3, 0.4) is 0 Å². The molecule has 0 fully saturated rings. The molecule has 4 aromatic rings. The number of hydrogen-bond acceptors (Lipinski definition) is 6. The summed E-state index contributed by atoms with van der Waals surface area (Å²) >= 11 is 0. The Morgan fingerprint density at radius 2 is 0.857 bits per heavy atom. The molecule has 2 aliphatic rings. The Balaban J connectivity index is 0.000000187. The second-order valence-corrected chi connectivity index (χ2v) is 10.7. The molecular formula is C36H32O6. The van der Waals surface area contributed by atoms with E-state index in [0.29, 0.717) is 34.1 Å². The van der Waals surface area contributed by atoms with E-state index in [1.54, 1.807) is 38.1 Å². The van der Waals surface area contributed by atoms with Crippen LogP contribution < -0.4 is 9.47 Å². The first-order chi connectivity index (χ1) is 20.1. The average molecular weight is 561 g/mol. The minimum Gasteiger partial charge on any atom is -0.508 e. The van der Waals surface area contributed by atoms with Crippen molar-refractivity contribution in [2.24, 2.45) is 0 Å². The quantitative estimate of drug-likeness (QED) is 0.155. The molecule has 2 N–H and O–H groups in total. The zero-order valence-corrected chi connectivity index (χ0v) is 23.7. The fourth-order valence-corrected chi connectivity index (χ4v) is 5.23. The maximum atomic E-state index is 11.7. The number of aryl methyl sites for hydroxylation is 4. The fourth-order valence-electron chi connectivity index (χ4n) is 5.23. The third kappa shape index (κ3) is 6.13. The zero-order valence-electron chi connectivity index (χ0n) is 23.7. The summed E-state index contributed by atoms with van der Waals surface area (Å²) in [6.07, 6.45) is 3.47. The van der Waals surface area contributed by atoms with Gasteiger partial charge in [0.15, 0.2) is 0 Å². The monoisotopic (exact) mass is 560 g/mol. The highest BCUT2D eigenvalue weighted by atomic mass is 16.5. The van der Waals surface area contributed by atoms with Gasteiger partial charge in [-0.15, -0.1) is 0 Å². The van der Waals surface area contributed by atoms with E-state index in [0.717, 1.165) is 47.9 Å². The van der Waals surface area contributed by atoms with Gasteiger partial charge in [-0.05, 0) is 133 Å². The van der Waals surface area contributed by atoms with Crippen LogP contribution in [0.5, 0.6) is 23.0 Å². The molecule has 212 valence electrons. The van der Waals surface area contributed by atoms with Crippen molar-refractivity contribution in [2.75, 3.05) is 0 Å². The van der Waals surface area contributed by atoms with Crippen LogP contribution in [-0.2, 0) is 35.3 Å². The molecule has 0 aromatic heterocycles. The highest BCUT2D eigenvalue weighted by molar-refractivity contribution is 5.89. The molecule has 0 heterocycles. The summed E-state index contributed by atoms with van der Waals surface area (Å²) in [5, 5.41) is 18.9. The lowest BCUT2D eigenvalue weighted by Gasteiger charge is -2.21. The van der Waals surface area contributed by atoms with Crippen LogP contribution >= 0.6 is 0 Å². The summed E-state index contributed by atoms with van der Waals surface area (Å²) in [5.41, 5.74) is 9.86. The summed E-state index contributed by atoms with van der Waals surface area (Å²) in [5.74, 6) is 0.830. The topological polar surface area (TPSA) is 93.1 Å². The van der Waals surface area contributed by atoms with Crippen molar-refractivity contribution < 1.29 is 29.3 Å². The van der Waals surface area contributed by atoms with Gasteiger partial charge in [0.25, 0.3) is 0 Å². The molecule has 0 amide bonds. The molecule has 0 atom stereocenters. The lowest BCUT2D eigenvalue weighted by atomic mass is 9.85. The normalized spacial score (nSPS) is 12.2. The summed E-state index contributed by atoms with van der Waals surface area (Å²) in [4.78, 5) is 23.4. The minimum atomic E-state index is -0.426. The van der Waals surface area contributed by atoms with Gasteiger partial charge in [0.2, 0.25) is 0 Å². The first-order valence-corrected chi connectivity index (χ1v) is 13.7. The van der Waals surface area contributed by atoms with Gasteiger partial charge in [-0.25, -0.2) is 9.59 Å². The summed E-state index contributed by atoms with van der Waals surface area (Å²) in [6, 6.07) is 22.2. The van der Waals surface area contributed by atoms with E-state index in [2.05, 4.69) is 13.2 Å². The molecule has 6 heteroatoms. The predicted molar refractivity (Wildman–Crippen MR) is 163 cm³/mol. The predicted octanol–water partition coefficient (Wildman–Crippen LogP) is 7.28. The number of phenols is 2. The van der Waals surface area contributed by atoms with Gasteiger partial charge in [-0.3, -0.25) is 0 Å². The number of fused-ring (bicyclic) bond motifs is 6. The van der Waals surface area contributed by atoms with Gasteiger partial charge in [0.1, 0.15) is 23.0 Å². The molecule has 6 nitrogen and oxygen atoms in total. The van der Waals surface area contributed by atoms with Crippen LogP contribution in [0.1, 0.15) is 36.1 Å². The summed E-state index contributed by atoms with van der Waals surface area (Å²) in [6.45, 7) is 10.4. The number of carbonyl (C=O) groups excluding carboxylic acids is 2. The summed E-state index contributed by atoms with van der Waals surface area (Å²) < 4.78 is 10.6. The Kier molecular flexibility index (Phi) is 7.98. The first kappa shape index (κ1) is 28.4. The maximum Gasteiger partial charge on any atom is 0.338 e. The Bertz CT molecular complexity index is 1620. The number of carbonyl (C=O) groups is 2. The molecule has 6 rings (SSSR count). The average Bonchev–Trinajstić information content (AvgIpc) is 2.96. The molecule has 0 saturated carbocycles. The number of hydrogen-bond donors (Lipinski definition) is 2. The number of ether oxygens (including phenoxy) is 2. The molecule has 42 heavy (non-hydrogen) atoms. The Morgan fingerprint density at radius 3 is 1.19 bits per heavy atom. The number of aromatic hydroxyl groups is 2. The number of esters is 2. The molecule has 0 radical (unpaired) electrons. The van der Waals surface area contributed by atoms with Crippen LogP contribution in [0.2, 0.25) is 0 Å². The lowest BCUT2D eigenvalue weighted by Crippen LogP contribution is -2.11.